The fourth-order valence-electron chi connectivity index (χ4n) is 2.77. The molecule has 0 bridgehead atoms. The van der Waals surface area contributed by atoms with Gasteiger partial charge in [-0.2, -0.15) is 5.10 Å². The maximum Gasteiger partial charge on any atom is 0.251 e. The minimum Gasteiger partial charge on any atom is -0.343 e. The summed E-state index contributed by atoms with van der Waals surface area (Å²) in [6.45, 7) is 13.2. The zero-order chi connectivity index (χ0) is 17.1. The van der Waals surface area contributed by atoms with Crippen LogP contribution in [0.1, 0.15) is 42.2 Å². The molecule has 2 aromatic heterocycles. The van der Waals surface area contributed by atoms with E-state index >= 15 is 0 Å². The predicted molar refractivity (Wildman–Crippen MR) is 89.7 cm³/mol. The number of likely N-dealkylation sites (N-methyl/N-ethyl adjacent to an activating group) is 1. The average molecular weight is 315 g/mol. The van der Waals surface area contributed by atoms with Crippen LogP contribution in [0, 0.1) is 27.7 Å². The Hall–Kier alpha value is -2.24. The van der Waals surface area contributed by atoms with Gasteiger partial charge in [-0.05, 0) is 47.6 Å². The number of nitrogens with zero attached hydrogens (tertiary/aromatic N) is 5. The molecular formula is C17H25N5O. The van der Waals surface area contributed by atoms with Crippen LogP contribution in [-0.4, -0.2) is 43.6 Å². The van der Waals surface area contributed by atoms with Gasteiger partial charge in [0.2, 0.25) is 5.91 Å². The van der Waals surface area contributed by atoms with Crippen molar-refractivity contribution < 1.29 is 4.79 Å². The highest BCUT2D eigenvalue weighted by atomic mass is 16.2. The molecule has 0 aliphatic heterocycles. The molecule has 0 unspecified atom stereocenters. The predicted octanol–water partition coefficient (Wildman–Crippen LogP) is 2.31. The van der Waals surface area contributed by atoms with Gasteiger partial charge in [0.15, 0.2) is 0 Å². The molecule has 0 spiro atoms. The van der Waals surface area contributed by atoms with Crippen molar-refractivity contribution in [1.29, 1.82) is 0 Å². The minimum absolute atomic E-state index is 0.127. The Morgan fingerprint density at radius 2 is 1.65 bits per heavy atom. The molecule has 0 saturated carbocycles. The first-order valence-electron chi connectivity index (χ1n) is 8.02. The molecule has 2 aromatic rings. The summed E-state index contributed by atoms with van der Waals surface area (Å²) >= 11 is 0. The zero-order valence-electron chi connectivity index (χ0n) is 14.8. The van der Waals surface area contributed by atoms with Gasteiger partial charge in [-0.25, -0.2) is 14.6 Å². The number of rotatable bonds is 5. The normalized spacial score (nSPS) is 10.9. The highest BCUT2D eigenvalue weighted by molar-refractivity contribution is 5.79. The summed E-state index contributed by atoms with van der Waals surface area (Å²) in [5.41, 5.74) is 4.55. The lowest BCUT2D eigenvalue weighted by molar-refractivity contribution is -0.130. The minimum atomic E-state index is 0.127. The zero-order valence-corrected chi connectivity index (χ0v) is 14.8. The fourth-order valence-corrected chi connectivity index (χ4v) is 2.77. The Balaban J connectivity index is 2.38. The van der Waals surface area contributed by atoms with Gasteiger partial charge in [0.25, 0.3) is 5.95 Å². The van der Waals surface area contributed by atoms with Crippen molar-refractivity contribution >= 4 is 5.91 Å². The monoisotopic (exact) mass is 315 g/mol. The van der Waals surface area contributed by atoms with Crippen LogP contribution >= 0.6 is 0 Å². The first-order chi connectivity index (χ1) is 10.9. The summed E-state index contributed by atoms with van der Waals surface area (Å²) in [4.78, 5) is 23.1. The Morgan fingerprint density at radius 1 is 1.09 bits per heavy atom. The molecule has 0 atom stereocenters. The maximum absolute atomic E-state index is 12.4. The molecule has 23 heavy (non-hydrogen) atoms. The van der Waals surface area contributed by atoms with Gasteiger partial charge in [-0.3, -0.25) is 4.79 Å². The third-order valence-corrected chi connectivity index (χ3v) is 4.05. The Bertz CT molecular complexity index is 696. The number of hydrogen-bond donors (Lipinski definition) is 0. The van der Waals surface area contributed by atoms with Crippen LogP contribution in [0.15, 0.2) is 6.07 Å². The van der Waals surface area contributed by atoms with Crippen LogP contribution in [0.2, 0.25) is 0 Å². The highest BCUT2D eigenvalue weighted by Gasteiger charge is 2.19. The average Bonchev–Trinajstić information content (AvgIpc) is 2.75. The molecule has 0 radical (unpaired) electrons. The molecule has 0 aliphatic carbocycles. The third-order valence-electron chi connectivity index (χ3n) is 4.05. The number of aryl methyl sites for hydroxylation is 3. The maximum atomic E-state index is 12.4. The first kappa shape index (κ1) is 17.1. The summed E-state index contributed by atoms with van der Waals surface area (Å²) in [5, 5.41) is 4.55. The van der Waals surface area contributed by atoms with E-state index in [9.17, 15) is 4.79 Å². The second-order valence-corrected chi connectivity index (χ2v) is 5.75. The highest BCUT2D eigenvalue weighted by Crippen LogP contribution is 2.18. The summed E-state index contributed by atoms with van der Waals surface area (Å²) in [6, 6.07) is 1.93. The van der Waals surface area contributed by atoms with Crippen molar-refractivity contribution in [2.75, 3.05) is 13.1 Å². The van der Waals surface area contributed by atoms with E-state index < -0.39 is 0 Å². The Labute approximate surface area is 137 Å². The van der Waals surface area contributed by atoms with Crippen LogP contribution in [0.4, 0.5) is 0 Å². The van der Waals surface area contributed by atoms with Gasteiger partial charge in [0.1, 0.15) is 0 Å². The quantitative estimate of drug-likeness (QED) is 0.849. The SMILES string of the molecule is CCN(CC)C(=O)Cc1c(C)nn(-c2nc(C)cc(C)n2)c1C. The lowest BCUT2D eigenvalue weighted by atomic mass is 10.1. The van der Waals surface area contributed by atoms with E-state index in [0.29, 0.717) is 12.4 Å². The van der Waals surface area contributed by atoms with Crippen molar-refractivity contribution in [2.45, 2.75) is 48.0 Å². The van der Waals surface area contributed by atoms with E-state index in [1.54, 1.807) is 4.68 Å². The van der Waals surface area contributed by atoms with Crippen molar-refractivity contribution in [3.05, 3.63) is 34.4 Å². The van der Waals surface area contributed by atoms with Gasteiger partial charge in [-0.15, -0.1) is 0 Å². The van der Waals surface area contributed by atoms with Crippen LogP contribution < -0.4 is 0 Å². The molecule has 0 aliphatic rings. The van der Waals surface area contributed by atoms with Gasteiger partial charge in [0, 0.05) is 35.7 Å². The molecule has 1 amide bonds. The van der Waals surface area contributed by atoms with Gasteiger partial charge >= 0.3 is 0 Å². The standard InChI is InChI=1S/C17H25N5O/c1-7-21(8-2)16(23)10-15-13(5)20-22(14(15)6)17-18-11(3)9-12(4)19-17/h9H,7-8,10H2,1-6H3. The molecule has 2 rings (SSSR count). The smallest absolute Gasteiger partial charge is 0.251 e. The largest absolute Gasteiger partial charge is 0.343 e. The molecule has 0 saturated heterocycles. The van der Waals surface area contributed by atoms with Crippen LogP contribution in [-0.2, 0) is 11.2 Å². The van der Waals surface area contributed by atoms with Crippen molar-refractivity contribution in [3.8, 4) is 5.95 Å². The molecular weight excluding hydrogens is 290 g/mol. The first-order valence-corrected chi connectivity index (χ1v) is 8.02. The summed E-state index contributed by atoms with van der Waals surface area (Å²) in [6.07, 6.45) is 0.365. The number of aromatic nitrogens is 4. The molecule has 6 nitrogen and oxygen atoms in total. The van der Waals surface area contributed by atoms with Crippen molar-refractivity contribution in [3.63, 3.8) is 0 Å². The lowest BCUT2D eigenvalue weighted by Crippen LogP contribution is -2.32. The van der Waals surface area contributed by atoms with Gasteiger partial charge in [-0.1, -0.05) is 0 Å². The van der Waals surface area contributed by atoms with Crippen LogP contribution in [0.25, 0.3) is 5.95 Å². The number of carbonyl (C=O) groups is 1. The molecule has 124 valence electrons. The Kier molecular flexibility index (Phi) is 5.13. The van der Waals surface area contributed by atoms with Crippen LogP contribution in [0.3, 0.4) is 0 Å². The van der Waals surface area contributed by atoms with Crippen molar-refractivity contribution in [2.24, 2.45) is 0 Å². The Morgan fingerprint density at radius 3 is 2.17 bits per heavy atom. The van der Waals surface area contributed by atoms with Gasteiger partial charge in [0.05, 0.1) is 12.1 Å². The van der Waals surface area contributed by atoms with E-state index in [1.807, 2.05) is 52.5 Å². The van der Waals surface area contributed by atoms with Gasteiger partial charge < -0.3 is 4.90 Å². The summed E-state index contributed by atoms with van der Waals surface area (Å²) < 4.78 is 1.74. The van der Waals surface area contributed by atoms with Crippen LogP contribution in [0.5, 0.6) is 0 Å². The molecule has 0 N–H and O–H groups in total. The topological polar surface area (TPSA) is 63.9 Å². The second kappa shape index (κ2) is 6.89. The number of carbonyl (C=O) groups excluding carboxylic acids is 1. The molecule has 2 heterocycles. The third kappa shape index (κ3) is 3.57. The molecule has 0 aromatic carbocycles. The second-order valence-electron chi connectivity index (χ2n) is 5.75. The van der Waals surface area contributed by atoms with E-state index in [2.05, 4.69) is 15.1 Å². The number of hydrogen-bond acceptors (Lipinski definition) is 4. The summed E-state index contributed by atoms with van der Waals surface area (Å²) in [7, 11) is 0. The molecule has 0 fully saturated rings. The van der Waals surface area contributed by atoms with E-state index in [4.69, 9.17) is 0 Å². The van der Waals surface area contributed by atoms with E-state index in [1.165, 1.54) is 0 Å². The lowest BCUT2D eigenvalue weighted by Gasteiger charge is -2.18. The van der Waals surface area contributed by atoms with E-state index in [-0.39, 0.29) is 5.91 Å². The van der Waals surface area contributed by atoms with Crippen molar-refractivity contribution in [1.82, 2.24) is 24.6 Å². The van der Waals surface area contributed by atoms with E-state index in [0.717, 1.165) is 41.4 Å². The fraction of sp³-hybridized carbons (Fsp3) is 0.529. The summed E-state index contributed by atoms with van der Waals surface area (Å²) in [5.74, 6) is 0.687. The molecule has 6 heteroatoms. The number of amides is 1.